The number of nitrogens with one attached hydrogen (secondary N) is 2. The van der Waals surface area contributed by atoms with E-state index in [9.17, 15) is 14.7 Å². The quantitative estimate of drug-likeness (QED) is 0.377. The number of aromatic carboxylic acids is 1. The summed E-state index contributed by atoms with van der Waals surface area (Å²) in [5.41, 5.74) is 0.826. The lowest BCUT2D eigenvalue weighted by atomic mass is 10.2. The van der Waals surface area contributed by atoms with E-state index in [0.29, 0.717) is 20.6 Å². The zero-order valence-electron chi connectivity index (χ0n) is 12.8. The molecule has 0 heterocycles. The van der Waals surface area contributed by atoms with E-state index < -0.39 is 11.9 Å². The first-order chi connectivity index (χ1) is 11.8. The minimum Gasteiger partial charge on any atom is -0.497 e. The van der Waals surface area contributed by atoms with Gasteiger partial charge in [0.05, 0.1) is 18.4 Å². The Bertz CT molecular complexity index is 841. The lowest BCUT2D eigenvalue weighted by Crippen LogP contribution is -2.34. The van der Waals surface area contributed by atoms with Crippen LogP contribution in [0.4, 0.5) is 5.69 Å². The second-order valence-electron chi connectivity index (χ2n) is 4.75. The third kappa shape index (κ3) is 5.25. The molecule has 0 saturated heterocycles. The summed E-state index contributed by atoms with van der Waals surface area (Å²) in [4.78, 5) is 23.6. The summed E-state index contributed by atoms with van der Waals surface area (Å²) in [5, 5.41) is 14.7. The maximum absolute atomic E-state index is 12.2. The summed E-state index contributed by atoms with van der Waals surface area (Å²) < 4.78 is 6.51. The Hall–Kier alpha value is -1.47. The molecule has 0 aliphatic heterocycles. The van der Waals surface area contributed by atoms with E-state index in [0.717, 1.165) is 3.57 Å². The van der Waals surface area contributed by atoms with Crippen molar-refractivity contribution < 1.29 is 19.4 Å². The SMILES string of the molecule is COc1ccc(C(=O)NC(=S)Nc2c(I)cc(I)cc2C(=O)O)cc1. The first-order valence-electron chi connectivity index (χ1n) is 6.80. The predicted octanol–water partition coefficient (Wildman–Crippen LogP) is 3.73. The molecule has 0 bridgehead atoms. The van der Waals surface area contributed by atoms with Crippen LogP contribution in [0.2, 0.25) is 0 Å². The number of thiocarbonyl (C=S) groups is 1. The van der Waals surface area contributed by atoms with Crippen LogP contribution in [-0.4, -0.2) is 29.2 Å². The number of rotatable bonds is 4. The number of ether oxygens (including phenoxy) is 1. The van der Waals surface area contributed by atoms with E-state index in [2.05, 4.69) is 10.6 Å². The minimum absolute atomic E-state index is 0.0162. The number of hydrogen-bond acceptors (Lipinski definition) is 4. The Morgan fingerprint density at radius 1 is 1.16 bits per heavy atom. The van der Waals surface area contributed by atoms with E-state index in [1.807, 2.05) is 51.2 Å². The summed E-state index contributed by atoms with van der Waals surface area (Å²) >= 11 is 9.19. The number of benzene rings is 2. The van der Waals surface area contributed by atoms with Crippen molar-refractivity contribution >= 4 is 80.1 Å². The molecule has 2 aromatic carbocycles. The average Bonchev–Trinajstić information content (AvgIpc) is 2.56. The van der Waals surface area contributed by atoms with Crippen LogP contribution >= 0.6 is 57.4 Å². The van der Waals surface area contributed by atoms with Crippen LogP contribution < -0.4 is 15.4 Å². The van der Waals surface area contributed by atoms with Crippen LogP contribution in [0, 0.1) is 7.14 Å². The van der Waals surface area contributed by atoms with Crippen molar-refractivity contribution in [2.75, 3.05) is 12.4 Å². The molecule has 0 spiro atoms. The van der Waals surface area contributed by atoms with Crippen molar-refractivity contribution in [1.82, 2.24) is 5.32 Å². The third-order valence-electron chi connectivity index (χ3n) is 3.10. The average molecular weight is 582 g/mol. The fourth-order valence-electron chi connectivity index (χ4n) is 1.93. The Kier molecular flexibility index (Phi) is 6.95. The molecule has 1 amide bonds. The maximum atomic E-state index is 12.2. The van der Waals surface area contributed by atoms with Crippen molar-refractivity contribution in [2.24, 2.45) is 0 Å². The fourth-order valence-corrected chi connectivity index (χ4v) is 4.11. The van der Waals surface area contributed by atoms with Gasteiger partial charge in [-0.1, -0.05) is 0 Å². The van der Waals surface area contributed by atoms with Crippen molar-refractivity contribution in [2.45, 2.75) is 0 Å². The Morgan fingerprint density at radius 2 is 1.80 bits per heavy atom. The van der Waals surface area contributed by atoms with Gasteiger partial charge in [-0.3, -0.25) is 10.1 Å². The van der Waals surface area contributed by atoms with Crippen LogP contribution in [0.15, 0.2) is 36.4 Å². The van der Waals surface area contributed by atoms with Crippen molar-refractivity contribution in [3.63, 3.8) is 0 Å². The molecular formula is C16H12I2N2O4S. The van der Waals surface area contributed by atoms with Crippen LogP contribution in [0.3, 0.4) is 0 Å². The van der Waals surface area contributed by atoms with Crippen LogP contribution in [0.1, 0.15) is 20.7 Å². The van der Waals surface area contributed by atoms with E-state index >= 15 is 0 Å². The number of carbonyl (C=O) groups excluding carboxylic acids is 1. The molecule has 3 N–H and O–H groups in total. The monoisotopic (exact) mass is 582 g/mol. The van der Waals surface area contributed by atoms with Crippen LogP contribution in [-0.2, 0) is 0 Å². The van der Waals surface area contributed by atoms with Gasteiger partial charge < -0.3 is 15.2 Å². The first kappa shape index (κ1) is 19.8. The van der Waals surface area contributed by atoms with Gasteiger partial charge in [0.2, 0.25) is 0 Å². The maximum Gasteiger partial charge on any atom is 0.337 e. The molecule has 130 valence electrons. The molecule has 25 heavy (non-hydrogen) atoms. The van der Waals surface area contributed by atoms with Crippen molar-refractivity contribution in [1.29, 1.82) is 0 Å². The number of halogens is 2. The van der Waals surface area contributed by atoms with E-state index in [1.165, 1.54) is 13.2 Å². The molecular weight excluding hydrogens is 570 g/mol. The number of carbonyl (C=O) groups is 2. The van der Waals surface area contributed by atoms with Gasteiger partial charge in [-0.15, -0.1) is 0 Å². The summed E-state index contributed by atoms with van der Waals surface area (Å²) in [6.45, 7) is 0. The van der Waals surface area contributed by atoms with Crippen molar-refractivity contribution in [3.05, 3.63) is 54.7 Å². The second kappa shape index (κ2) is 8.76. The number of hydrogen-bond donors (Lipinski definition) is 3. The number of methoxy groups -OCH3 is 1. The molecule has 0 aliphatic rings. The van der Waals surface area contributed by atoms with Gasteiger partial charge in [0.1, 0.15) is 5.75 Å². The Morgan fingerprint density at radius 3 is 2.36 bits per heavy atom. The number of carboxylic acids is 1. The number of amides is 1. The summed E-state index contributed by atoms with van der Waals surface area (Å²) in [6, 6.07) is 9.87. The Labute approximate surface area is 176 Å². The molecule has 6 nitrogen and oxygen atoms in total. The zero-order valence-corrected chi connectivity index (χ0v) is 17.9. The predicted molar refractivity (Wildman–Crippen MR) is 116 cm³/mol. The molecule has 2 rings (SSSR count). The molecule has 0 fully saturated rings. The third-order valence-corrected chi connectivity index (χ3v) is 4.78. The van der Waals surface area contributed by atoms with Gasteiger partial charge in [-0.05, 0) is 93.8 Å². The smallest absolute Gasteiger partial charge is 0.337 e. The van der Waals surface area contributed by atoms with Gasteiger partial charge in [-0.25, -0.2) is 4.79 Å². The molecule has 0 radical (unpaired) electrons. The number of anilines is 1. The normalized spacial score (nSPS) is 10.0. The lowest BCUT2D eigenvalue weighted by Gasteiger charge is -2.14. The molecule has 0 aliphatic carbocycles. The zero-order chi connectivity index (χ0) is 18.6. The molecule has 0 saturated carbocycles. The van der Waals surface area contributed by atoms with Gasteiger partial charge in [0.25, 0.3) is 5.91 Å². The summed E-state index contributed by atoms with van der Waals surface area (Å²) in [5.74, 6) is -0.849. The van der Waals surface area contributed by atoms with Gasteiger partial charge in [0, 0.05) is 12.7 Å². The lowest BCUT2D eigenvalue weighted by molar-refractivity contribution is 0.0697. The van der Waals surface area contributed by atoms with Crippen molar-refractivity contribution in [3.8, 4) is 5.75 Å². The largest absolute Gasteiger partial charge is 0.497 e. The minimum atomic E-state index is -1.08. The van der Waals surface area contributed by atoms with E-state index in [-0.39, 0.29) is 10.7 Å². The molecule has 0 unspecified atom stereocenters. The van der Waals surface area contributed by atoms with Crippen LogP contribution in [0.25, 0.3) is 0 Å². The Balaban J connectivity index is 2.14. The molecule has 9 heteroatoms. The topological polar surface area (TPSA) is 87.7 Å². The van der Waals surface area contributed by atoms with E-state index in [4.69, 9.17) is 17.0 Å². The van der Waals surface area contributed by atoms with Crippen LogP contribution in [0.5, 0.6) is 5.75 Å². The molecule has 2 aromatic rings. The second-order valence-corrected chi connectivity index (χ2v) is 7.57. The summed E-state index contributed by atoms with van der Waals surface area (Å²) in [6.07, 6.45) is 0. The van der Waals surface area contributed by atoms with Gasteiger partial charge >= 0.3 is 5.97 Å². The highest BCUT2D eigenvalue weighted by molar-refractivity contribution is 14.1. The highest BCUT2D eigenvalue weighted by atomic mass is 127. The standard InChI is InChI=1S/C16H12I2N2O4S/c1-24-10-4-2-8(3-5-10)14(21)20-16(25)19-13-11(15(22)23)6-9(17)7-12(13)18/h2-7H,1H3,(H,22,23)(H2,19,20,21,25). The molecule has 0 aromatic heterocycles. The van der Waals surface area contributed by atoms with E-state index in [1.54, 1.807) is 24.3 Å². The van der Waals surface area contributed by atoms with Gasteiger partial charge in [0.15, 0.2) is 5.11 Å². The first-order valence-corrected chi connectivity index (χ1v) is 9.37. The van der Waals surface area contributed by atoms with Gasteiger partial charge in [-0.2, -0.15) is 0 Å². The highest BCUT2D eigenvalue weighted by Crippen LogP contribution is 2.26. The highest BCUT2D eigenvalue weighted by Gasteiger charge is 2.17. The number of carboxylic acid groups (broad SMARTS) is 1. The summed E-state index contributed by atoms with van der Waals surface area (Å²) in [7, 11) is 1.54. The fraction of sp³-hybridized carbons (Fsp3) is 0.0625. The molecule has 0 atom stereocenters.